The second kappa shape index (κ2) is 7.70. The standard InChI is InChI=1S/C14H27NO2/c1-4-7-13-8-6-10-15(11-9-13)12(3)14(16)17-5-2/h12-13H,4-11H2,1-3H3. The Morgan fingerprint density at radius 3 is 2.76 bits per heavy atom. The molecule has 3 nitrogen and oxygen atoms in total. The van der Waals surface area contributed by atoms with Crippen LogP contribution in [0.3, 0.4) is 0 Å². The zero-order valence-corrected chi connectivity index (χ0v) is 11.6. The Labute approximate surface area is 106 Å². The first-order valence-electron chi connectivity index (χ1n) is 7.09. The van der Waals surface area contributed by atoms with E-state index in [1.165, 1.54) is 32.1 Å². The van der Waals surface area contributed by atoms with Gasteiger partial charge in [0.1, 0.15) is 6.04 Å². The Hall–Kier alpha value is -0.570. The van der Waals surface area contributed by atoms with Crippen molar-refractivity contribution in [2.45, 2.75) is 58.9 Å². The Kier molecular flexibility index (Phi) is 6.56. The fourth-order valence-corrected chi connectivity index (χ4v) is 2.68. The van der Waals surface area contributed by atoms with Gasteiger partial charge in [-0.1, -0.05) is 19.8 Å². The molecule has 0 aliphatic carbocycles. The summed E-state index contributed by atoms with van der Waals surface area (Å²) >= 11 is 0. The van der Waals surface area contributed by atoms with Crippen LogP contribution in [0.4, 0.5) is 0 Å². The number of esters is 1. The predicted molar refractivity (Wildman–Crippen MR) is 69.9 cm³/mol. The van der Waals surface area contributed by atoms with Crippen molar-refractivity contribution in [3.05, 3.63) is 0 Å². The van der Waals surface area contributed by atoms with Crippen LogP contribution in [0, 0.1) is 5.92 Å². The van der Waals surface area contributed by atoms with Gasteiger partial charge in [-0.15, -0.1) is 0 Å². The molecule has 0 saturated carbocycles. The van der Waals surface area contributed by atoms with Crippen LogP contribution in [0.1, 0.15) is 52.9 Å². The van der Waals surface area contributed by atoms with Gasteiger partial charge in [-0.2, -0.15) is 0 Å². The fraction of sp³-hybridized carbons (Fsp3) is 0.929. The molecule has 0 spiro atoms. The monoisotopic (exact) mass is 241 g/mol. The molecular formula is C14H27NO2. The minimum Gasteiger partial charge on any atom is -0.465 e. The molecule has 2 unspecified atom stereocenters. The molecule has 100 valence electrons. The molecule has 3 heteroatoms. The van der Waals surface area contributed by atoms with E-state index >= 15 is 0 Å². The second-order valence-electron chi connectivity index (χ2n) is 5.05. The Balaban J connectivity index is 2.42. The molecule has 1 aliphatic heterocycles. The highest BCUT2D eigenvalue weighted by atomic mass is 16.5. The average molecular weight is 241 g/mol. The van der Waals surface area contributed by atoms with Gasteiger partial charge in [0.25, 0.3) is 0 Å². The normalized spacial score (nSPS) is 24.1. The Morgan fingerprint density at radius 2 is 2.12 bits per heavy atom. The van der Waals surface area contributed by atoms with Gasteiger partial charge in [0.15, 0.2) is 0 Å². The topological polar surface area (TPSA) is 29.5 Å². The van der Waals surface area contributed by atoms with Crippen molar-refractivity contribution >= 4 is 5.97 Å². The number of nitrogens with zero attached hydrogens (tertiary/aromatic N) is 1. The maximum absolute atomic E-state index is 11.7. The van der Waals surface area contributed by atoms with E-state index in [-0.39, 0.29) is 12.0 Å². The molecule has 0 aromatic rings. The maximum Gasteiger partial charge on any atom is 0.323 e. The molecule has 0 amide bonds. The van der Waals surface area contributed by atoms with Crippen molar-refractivity contribution in [3.63, 3.8) is 0 Å². The van der Waals surface area contributed by atoms with E-state index in [4.69, 9.17) is 4.74 Å². The minimum absolute atomic E-state index is 0.0681. The van der Waals surface area contributed by atoms with Gasteiger partial charge >= 0.3 is 5.97 Å². The van der Waals surface area contributed by atoms with Crippen LogP contribution < -0.4 is 0 Å². The first-order valence-corrected chi connectivity index (χ1v) is 7.09. The van der Waals surface area contributed by atoms with Gasteiger partial charge in [-0.05, 0) is 52.1 Å². The number of hydrogen-bond acceptors (Lipinski definition) is 3. The molecule has 0 bridgehead atoms. The summed E-state index contributed by atoms with van der Waals surface area (Å²) in [6, 6.07) is -0.0738. The summed E-state index contributed by atoms with van der Waals surface area (Å²) in [5.41, 5.74) is 0. The van der Waals surface area contributed by atoms with Gasteiger partial charge in [-0.25, -0.2) is 0 Å². The summed E-state index contributed by atoms with van der Waals surface area (Å²) in [5.74, 6) is 0.792. The third-order valence-corrected chi connectivity index (χ3v) is 3.75. The number of ether oxygens (including phenoxy) is 1. The number of carbonyl (C=O) groups is 1. The van der Waals surface area contributed by atoms with Crippen molar-refractivity contribution in [1.82, 2.24) is 4.90 Å². The number of carbonyl (C=O) groups excluding carboxylic acids is 1. The molecule has 2 atom stereocenters. The van der Waals surface area contributed by atoms with Crippen molar-refractivity contribution in [1.29, 1.82) is 0 Å². The van der Waals surface area contributed by atoms with E-state index in [1.54, 1.807) is 0 Å². The lowest BCUT2D eigenvalue weighted by Gasteiger charge is -2.25. The maximum atomic E-state index is 11.7. The summed E-state index contributed by atoms with van der Waals surface area (Å²) in [7, 11) is 0. The quantitative estimate of drug-likeness (QED) is 0.693. The SMILES string of the molecule is CCCC1CCCN(C(C)C(=O)OCC)CC1. The van der Waals surface area contributed by atoms with Crippen LogP contribution in [-0.4, -0.2) is 36.6 Å². The van der Waals surface area contributed by atoms with E-state index in [1.807, 2.05) is 13.8 Å². The molecule has 17 heavy (non-hydrogen) atoms. The smallest absolute Gasteiger partial charge is 0.323 e. The van der Waals surface area contributed by atoms with Crippen LogP contribution >= 0.6 is 0 Å². The lowest BCUT2D eigenvalue weighted by atomic mass is 9.96. The van der Waals surface area contributed by atoms with Crippen LogP contribution in [-0.2, 0) is 9.53 Å². The van der Waals surface area contributed by atoms with Crippen LogP contribution in [0.5, 0.6) is 0 Å². The molecule has 1 saturated heterocycles. The van der Waals surface area contributed by atoms with E-state index in [2.05, 4.69) is 11.8 Å². The minimum atomic E-state index is -0.0738. The third-order valence-electron chi connectivity index (χ3n) is 3.75. The summed E-state index contributed by atoms with van der Waals surface area (Å²) < 4.78 is 5.09. The van der Waals surface area contributed by atoms with Gasteiger partial charge in [0, 0.05) is 0 Å². The fourth-order valence-electron chi connectivity index (χ4n) is 2.68. The van der Waals surface area contributed by atoms with Crippen LogP contribution in [0.2, 0.25) is 0 Å². The molecule has 1 aliphatic rings. The average Bonchev–Trinajstić information content (AvgIpc) is 2.54. The van der Waals surface area contributed by atoms with E-state index in [0.717, 1.165) is 19.0 Å². The molecular weight excluding hydrogens is 214 g/mol. The van der Waals surface area contributed by atoms with Gasteiger partial charge in [-0.3, -0.25) is 9.69 Å². The van der Waals surface area contributed by atoms with Gasteiger partial charge in [0.2, 0.25) is 0 Å². The lowest BCUT2D eigenvalue weighted by Crippen LogP contribution is -2.40. The largest absolute Gasteiger partial charge is 0.465 e. The van der Waals surface area contributed by atoms with Crippen molar-refractivity contribution in [2.75, 3.05) is 19.7 Å². The van der Waals surface area contributed by atoms with Gasteiger partial charge < -0.3 is 4.74 Å². The first-order chi connectivity index (χ1) is 8.19. The highest BCUT2D eigenvalue weighted by Crippen LogP contribution is 2.23. The second-order valence-corrected chi connectivity index (χ2v) is 5.05. The number of rotatable bonds is 5. The van der Waals surface area contributed by atoms with Crippen LogP contribution in [0.15, 0.2) is 0 Å². The van der Waals surface area contributed by atoms with Crippen molar-refractivity contribution in [3.8, 4) is 0 Å². The summed E-state index contributed by atoms with van der Waals surface area (Å²) in [6.07, 6.45) is 6.38. The highest BCUT2D eigenvalue weighted by molar-refractivity contribution is 5.75. The first kappa shape index (κ1) is 14.5. The molecule has 1 heterocycles. The summed E-state index contributed by atoms with van der Waals surface area (Å²) in [6.45, 7) is 8.66. The predicted octanol–water partition coefficient (Wildman–Crippen LogP) is 2.84. The Bertz CT molecular complexity index is 230. The zero-order chi connectivity index (χ0) is 12.7. The number of hydrogen-bond donors (Lipinski definition) is 0. The zero-order valence-electron chi connectivity index (χ0n) is 11.6. The van der Waals surface area contributed by atoms with Gasteiger partial charge in [0.05, 0.1) is 6.61 Å². The van der Waals surface area contributed by atoms with Crippen molar-refractivity contribution in [2.24, 2.45) is 5.92 Å². The highest BCUT2D eigenvalue weighted by Gasteiger charge is 2.25. The molecule has 1 fully saturated rings. The summed E-state index contributed by atoms with van der Waals surface area (Å²) in [5, 5.41) is 0. The molecule has 0 aromatic heterocycles. The number of likely N-dealkylation sites (tertiary alicyclic amines) is 1. The van der Waals surface area contributed by atoms with E-state index in [0.29, 0.717) is 6.61 Å². The van der Waals surface area contributed by atoms with Crippen molar-refractivity contribution < 1.29 is 9.53 Å². The molecule has 0 N–H and O–H groups in total. The Morgan fingerprint density at radius 1 is 1.35 bits per heavy atom. The van der Waals surface area contributed by atoms with Crippen LogP contribution in [0.25, 0.3) is 0 Å². The summed E-state index contributed by atoms with van der Waals surface area (Å²) in [4.78, 5) is 14.0. The van der Waals surface area contributed by atoms with E-state index < -0.39 is 0 Å². The molecule has 1 rings (SSSR count). The lowest BCUT2D eigenvalue weighted by molar-refractivity contribution is -0.148. The third kappa shape index (κ3) is 4.66. The molecule has 0 aromatic carbocycles. The molecule has 0 radical (unpaired) electrons. The van der Waals surface area contributed by atoms with E-state index in [9.17, 15) is 4.79 Å².